The second kappa shape index (κ2) is 6.18. The number of carbonyl (C=O) groups is 1. The maximum Gasteiger partial charge on any atom is 0.236 e. The van der Waals surface area contributed by atoms with Gasteiger partial charge in [-0.15, -0.1) is 0 Å². The fourth-order valence-electron chi connectivity index (χ4n) is 1.27. The van der Waals surface area contributed by atoms with Gasteiger partial charge in [-0.2, -0.15) is 0 Å². The molecular formula is C13H19BrN2O2. The van der Waals surface area contributed by atoms with Gasteiger partial charge in [-0.05, 0) is 33.8 Å². The largest absolute Gasteiger partial charge is 0.475 e. The zero-order valence-corrected chi connectivity index (χ0v) is 12.7. The molecular weight excluding hydrogens is 296 g/mol. The van der Waals surface area contributed by atoms with E-state index in [0.717, 1.165) is 5.56 Å². The summed E-state index contributed by atoms with van der Waals surface area (Å²) in [4.78, 5) is 15.9. The van der Waals surface area contributed by atoms with E-state index in [9.17, 15) is 4.79 Å². The Morgan fingerprint density at radius 2 is 2.22 bits per heavy atom. The van der Waals surface area contributed by atoms with Crippen molar-refractivity contribution >= 4 is 21.8 Å². The van der Waals surface area contributed by atoms with Crippen LogP contribution in [0.5, 0.6) is 5.88 Å². The molecule has 1 N–H and O–H groups in total. The maximum absolute atomic E-state index is 11.8. The molecule has 5 heteroatoms. The van der Waals surface area contributed by atoms with Crippen LogP contribution in [-0.2, 0) is 11.3 Å². The van der Waals surface area contributed by atoms with E-state index in [1.165, 1.54) is 0 Å². The lowest BCUT2D eigenvalue weighted by molar-refractivity contribution is -0.122. The molecule has 100 valence electrons. The fraction of sp³-hybridized carbons (Fsp3) is 0.538. The van der Waals surface area contributed by atoms with Crippen LogP contribution in [0.3, 0.4) is 0 Å². The van der Waals surface area contributed by atoms with Crippen LogP contribution in [0.4, 0.5) is 0 Å². The lowest BCUT2D eigenvalue weighted by atomic mass is 10.2. The molecule has 1 rings (SSSR count). The van der Waals surface area contributed by atoms with Gasteiger partial charge < -0.3 is 10.1 Å². The van der Waals surface area contributed by atoms with Gasteiger partial charge in [-0.25, -0.2) is 4.98 Å². The van der Waals surface area contributed by atoms with E-state index in [0.29, 0.717) is 12.4 Å². The van der Waals surface area contributed by atoms with Crippen molar-refractivity contribution < 1.29 is 9.53 Å². The molecule has 0 atom stereocenters. The zero-order chi connectivity index (χ0) is 13.8. The van der Waals surface area contributed by atoms with Gasteiger partial charge in [0, 0.05) is 18.3 Å². The van der Waals surface area contributed by atoms with Crippen molar-refractivity contribution in [1.82, 2.24) is 10.3 Å². The Labute approximate surface area is 116 Å². The Morgan fingerprint density at radius 3 is 2.78 bits per heavy atom. The molecule has 0 aromatic carbocycles. The smallest absolute Gasteiger partial charge is 0.236 e. The minimum atomic E-state index is -0.575. The third-order valence-corrected chi connectivity index (χ3v) is 2.54. The first-order valence-corrected chi connectivity index (χ1v) is 6.67. The van der Waals surface area contributed by atoms with Crippen LogP contribution >= 0.6 is 15.9 Å². The van der Waals surface area contributed by atoms with Crippen molar-refractivity contribution in [2.75, 3.05) is 0 Å². The minimum absolute atomic E-state index is 0.0574. The Hall–Kier alpha value is -1.10. The van der Waals surface area contributed by atoms with Gasteiger partial charge in [0.2, 0.25) is 11.8 Å². The van der Waals surface area contributed by atoms with Gasteiger partial charge in [-0.3, -0.25) is 4.79 Å². The molecule has 1 heterocycles. The Bertz CT molecular complexity index is 414. The highest BCUT2D eigenvalue weighted by atomic mass is 79.9. The molecule has 0 aliphatic carbocycles. The van der Waals surface area contributed by atoms with E-state index in [-0.39, 0.29) is 12.0 Å². The number of nitrogens with zero attached hydrogens (tertiary/aromatic N) is 1. The molecule has 0 saturated carbocycles. The van der Waals surface area contributed by atoms with Crippen LogP contribution in [0.1, 0.15) is 33.3 Å². The molecule has 0 saturated heterocycles. The van der Waals surface area contributed by atoms with Gasteiger partial charge in [-0.1, -0.05) is 22.0 Å². The third kappa shape index (κ3) is 4.64. The number of aromatic nitrogens is 1. The Kier molecular flexibility index (Phi) is 5.14. The first kappa shape index (κ1) is 15.0. The number of amides is 1. The van der Waals surface area contributed by atoms with Crippen LogP contribution in [0.15, 0.2) is 18.3 Å². The van der Waals surface area contributed by atoms with Crippen LogP contribution in [0.25, 0.3) is 0 Å². The van der Waals surface area contributed by atoms with Gasteiger partial charge in [0.1, 0.15) is 0 Å². The second-order valence-corrected chi connectivity index (χ2v) is 6.77. The molecule has 1 amide bonds. The molecule has 0 fully saturated rings. The van der Waals surface area contributed by atoms with Crippen molar-refractivity contribution in [3.8, 4) is 5.88 Å². The van der Waals surface area contributed by atoms with E-state index in [1.54, 1.807) is 20.0 Å². The number of hydrogen-bond donors (Lipinski definition) is 1. The highest BCUT2D eigenvalue weighted by Crippen LogP contribution is 2.18. The molecule has 0 radical (unpaired) electrons. The highest BCUT2D eigenvalue weighted by molar-refractivity contribution is 9.10. The topological polar surface area (TPSA) is 51.2 Å². The summed E-state index contributed by atoms with van der Waals surface area (Å²) in [6.45, 7) is 7.90. The van der Waals surface area contributed by atoms with Crippen molar-refractivity contribution in [3.05, 3.63) is 23.9 Å². The number of hydrogen-bond acceptors (Lipinski definition) is 3. The lowest BCUT2D eigenvalue weighted by Crippen LogP contribution is -2.37. The van der Waals surface area contributed by atoms with Crippen LogP contribution in [-0.4, -0.2) is 21.3 Å². The summed E-state index contributed by atoms with van der Waals surface area (Å²) in [6.07, 6.45) is 1.74. The van der Waals surface area contributed by atoms with E-state index >= 15 is 0 Å². The van der Waals surface area contributed by atoms with Crippen LogP contribution < -0.4 is 10.1 Å². The van der Waals surface area contributed by atoms with Crippen LogP contribution in [0, 0.1) is 0 Å². The molecule has 0 unspecified atom stereocenters. The van der Waals surface area contributed by atoms with E-state index in [1.807, 2.05) is 26.0 Å². The van der Waals surface area contributed by atoms with Crippen molar-refractivity contribution in [1.29, 1.82) is 0 Å². The summed E-state index contributed by atoms with van der Waals surface area (Å²) in [5.41, 5.74) is 0.872. The highest BCUT2D eigenvalue weighted by Gasteiger charge is 2.23. The van der Waals surface area contributed by atoms with Crippen LogP contribution in [0.2, 0.25) is 0 Å². The van der Waals surface area contributed by atoms with Crippen molar-refractivity contribution in [2.45, 2.75) is 44.7 Å². The summed E-state index contributed by atoms with van der Waals surface area (Å²) < 4.78 is 5.01. The summed E-state index contributed by atoms with van der Waals surface area (Å²) in [7, 11) is 0. The Balaban J connectivity index is 2.70. The number of alkyl halides is 1. The predicted octanol–water partition coefficient (Wildman–Crippen LogP) is 2.66. The number of carbonyl (C=O) groups excluding carboxylic acids is 1. The Morgan fingerprint density at radius 1 is 1.56 bits per heavy atom. The number of halogens is 1. The molecule has 1 aromatic rings. The fourth-order valence-corrected chi connectivity index (χ4v) is 1.41. The summed E-state index contributed by atoms with van der Waals surface area (Å²) in [6, 6.07) is 3.72. The monoisotopic (exact) mass is 314 g/mol. The molecule has 0 aliphatic heterocycles. The van der Waals surface area contributed by atoms with Gasteiger partial charge in [0.15, 0.2) is 0 Å². The van der Waals surface area contributed by atoms with Gasteiger partial charge in [0.25, 0.3) is 0 Å². The third-order valence-electron chi connectivity index (χ3n) is 2.18. The summed E-state index contributed by atoms with van der Waals surface area (Å²) in [5.74, 6) is 0.502. The second-order valence-electron chi connectivity index (χ2n) is 4.79. The molecule has 4 nitrogen and oxygen atoms in total. The molecule has 0 spiro atoms. The van der Waals surface area contributed by atoms with Crippen molar-refractivity contribution in [3.63, 3.8) is 0 Å². The number of rotatable bonds is 5. The average molecular weight is 315 g/mol. The molecule has 0 bridgehead atoms. The quantitative estimate of drug-likeness (QED) is 0.850. The first-order chi connectivity index (χ1) is 8.30. The SMILES string of the molecule is CC(C)Oc1ncccc1CNC(=O)C(C)(C)Br. The standard InChI is InChI=1S/C13H19BrN2O2/c1-9(2)18-11-10(6-5-7-15-11)8-16-12(17)13(3,4)14/h5-7,9H,8H2,1-4H3,(H,16,17). The molecule has 18 heavy (non-hydrogen) atoms. The average Bonchev–Trinajstić information content (AvgIpc) is 2.25. The minimum Gasteiger partial charge on any atom is -0.475 e. The predicted molar refractivity (Wildman–Crippen MR) is 74.9 cm³/mol. The van der Waals surface area contributed by atoms with E-state index < -0.39 is 4.32 Å². The number of nitrogens with one attached hydrogen (secondary N) is 1. The number of pyridine rings is 1. The lowest BCUT2D eigenvalue weighted by Gasteiger charge is -2.17. The number of ether oxygens (including phenoxy) is 1. The van der Waals surface area contributed by atoms with E-state index in [2.05, 4.69) is 26.2 Å². The first-order valence-electron chi connectivity index (χ1n) is 5.88. The zero-order valence-electron chi connectivity index (χ0n) is 11.2. The summed E-state index contributed by atoms with van der Waals surface area (Å²) >= 11 is 3.32. The van der Waals surface area contributed by atoms with Gasteiger partial charge in [0.05, 0.1) is 10.4 Å². The normalized spacial score (nSPS) is 11.4. The maximum atomic E-state index is 11.8. The van der Waals surface area contributed by atoms with Gasteiger partial charge >= 0.3 is 0 Å². The molecule has 1 aromatic heterocycles. The van der Waals surface area contributed by atoms with E-state index in [4.69, 9.17) is 4.74 Å². The summed E-state index contributed by atoms with van der Waals surface area (Å²) in [5, 5.41) is 2.85. The molecule has 0 aliphatic rings. The van der Waals surface area contributed by atoms with Crippen molar-refractivity contribution in [2.24, 2.45) is 0 Å².